The van der Waals surface area contributed by atoms with Crippen LogP contribution in [0.3, 0.4) is 0 Å². The van der Waals surface area contributed by atoms with Crippen LogP contribution in [-0.4, -0.2) is 23.0 Å². The van der Waals surface area contributed by atoms with Crippen molar-refractivity contribution in [3.05, 3.63) is 68.9 Å². The van der Waals surface area contributed by atoms with Crippen molar-refractivity contribution in [2.75, 3.05) is 7.11 Å². The van der Waals surface area contributed by atoms with Gasteiger partial charge in [-0.05, 0) is 54.2 Å². The van der Waals surface area contributed by atoms with E-state index in [1.807, 2.05) is 0 Å². The van der Waals surface area contributed by atoms with E-state index < -0.39 is 22.3 Å². The van der Waals surface area contributed by atoms with E-state index in [1.165, 1.54) is 19.2 Å². The maximum atomic E-state index is 12.1. The lowest BCUT2D eigenvalue weighted by Crippen LogP contribution is -2.26. The van der Waals surface area contributed by atoms with Gasteiger partial charge in [0.2, 0.25) is 0 Å². The fraction of sp³-hybridized carbons (Fsp3) is 0.182. The van der Waals surface area contributed by atoms with Gasteiger partial charge in [-0.2, -0.15) is 0 Å². The first-order valence-electron chi connectivity index (χ1n) is 9.28. The van der Waals surface area contributed by atoms with Gasteiger partial charge >= 0.3 is 0 Å². The number of ether oxygens (including phenoxy) is 1. The maximum absolute atomic E-state index is 12.1. The number of carbonyl (C=O) groups is 1. The number of nitro groups is 1. The Balaban J connectivity index is 1.94. The average Bonchev–Trinajstić information content (AvgIpc) is 2.73. The second-order valence-corrected chi connectivity index (χ2v) is 6.97. The first-order valence-corrected chi connectivity index (χ1v) is 9.28. The lowest BCUT2D eigenvalue weighted by atomic mass is 9.86. The quantitative estimate of drug-likeness (QED) is 0.482. The van der Waals surface area contributed by atoms with Crippen LogP contribution in [0.1, 0.15) is 40.0 Å². The molecule has 0 unspecified atom stereocenters. The Labute approximate surface area is 171 Å². The predicted octanol–water partition coefficient (Wildman–Crippen LogP) is 2.47. The first-order chi connectivity index (χ1) is 14.4. The SMILES string of the molecule is COc1cc(/C=C2\CCCc3c2nc2ccccc2c3C(=O)[O-])cc([N+](=O)[O-])c1[O-]. The van der Waals surface area contributed by atoms with Crippen LogP contribution < -0.4 is 14.9 Å². The minimum absolute atomic E-state index is 0.125. The number of nitro benzene ring substituents is 1. The van der Waals surface area contributed by atoms with Crippen molar-refractivity contribution < 1.29 is 24.7 Å². The molecule has 1 aromatic heterocycles. The fourth-order valence-electron chi connectivity index (χ4n) is 3.89. The van der Waals surface area contributed by atoms with E-state index >= 15 is 0 Å². The lowest BCUT2D eigenvalue weighted by Gasteiger charge is -2.23. The van der Waals surface area contributed by atoms with Crippen LogP contribution in [0.15, 0.2) is 36.4 Å². The minimum Gasteiger partial charge on any atom is -0.865 e. The molecular formula is C22H16N2O6-2. The predicted molar refractivity (Wildman–Crippen MR) is 106 cm³/mol. The second-order valence-electron chi connectivity index (χ2n) is 6.97. The largest absolute Gasteiger partial charge is 0.865 e. The monoisotopic (exact) mass is 404 g/mol. The highest BCUT2D eigenvalue weighted by molar-refractivity contribution is 6.05. The number of carboxylic acids is 1. The Morgan fingerprint density at radius 1 is 1.23 bits per heavy atom. The molecular weight excluding hydrogens is 388 g/mol. The fourth-order valence-corrected chi connectivity index (χ4v) is 3.89. The molecule has 8 nitrogen and oxygen atoms in total. The number of hydrogen-bond acceptors (Lipinski definition) is 7. The number of methoxy groups -OCH3 is 1. The minimum atomic E-state index is -1.26. The van der Waals surface area contributed by atoms with Crippen molar-refractivity contribution in [3.63, 3.8) is 0 Å². The van der Waals surface area contributed by atoms with Gasteiger partial charge in [-0.1, -0.05) is 18.2 Å². The third-order valence-electron chi connectivity index (χ3n) is 5.19. The Morgan fingerprint density at radius 2 is 2.00 bits per heavy atom. The zero-order valence-electron chi connectivity index (χ0n) is 16.0. The van der Waals surface area contributed by atoms with Gasteiger partial charge in [0.15, 0.2) is 0 Å². The van der Waals surface area contributed by atoms with E-state index in [2.05, 4.69) is 4.98 Å². The number of carbonyl (C=O) groups excluding carboxylic acids is 1. The van der Waals surface area contributed by atoms with Crippen LogP contribution in [0.5, 0.6) is 11.5 Å². The van der Waals surface area contributed by atoms with Crippen molar-refractivity contribution >= 4 is 34.2 Å². The molecule has 0 saturated carbocycles. The van der Waals surface area contributed by atoms with Crippen LogP contribution in [0.25, 0.3) is 22.6 Å². The molecule has 3 aromatic rings. The van der Waals surface area contributed by atoms with Gasteiger partial charge in [0.1, 0.15) is 5.75 Å². The summed E-state index contributed by atoms with van der Waals surface area (Å²) in [5.41, 5.74) is 2.34. The number of hydrogen-bond donors (Lipinski definition) is 0. The number of fused-ring (bicyclic) bond motifs is 2. The number of benzene rings is 2. The van der Waals surface area contributed by atoms with E-state index in [0.29, 0.717) is 47.0 Å². The van der Waals surface area contributed by atoms with Gasteiger partial charge in [0.25, 0.3) is 5.69 Å². The molecule has 4 rings (SSSR count). The van der Waals surface area contributed by atoms with Gasteiger partial charge in [-0.3, -0.25) is 10.1 Å². The van der Waals surface area contributed by atoms with Gasteiger partial charge in [-0.15, -0.1) is 0 Å². The molecule has 30 heavy (non-hydrogen) atoms. The van der Waals surface area contributed by atoms with E-state index in [0.717, 1.165) is 5.57 Å². The number of nitrogens with zero attached hydrogens (tertiary/aromatic N) is 2. The third kappa shape index (κ3) is 3.22. The van der Waals surface area contributed by atoms with Crippen LogP contribution in [0.4, 0.5) is 5.69 Å². The Kier molecular flexibility index (Phi) is 4.83. The highest BCUT2D eigenvalue weighted by atomic mass is 16.6. The summed E-state index contributed by atoms with van der Waals surface area (Å²) in [6, 6.07) is 9.57. The smallest absolute Gasteiger partial charge is 0.266 e. The molecule has 0 atom stereocenters. The van der Waals surface area contributed by atoms with Crippen LogP contribution in [0.2, 0.25) is 0 Å². The number of pyridine rings is 1. The number of rotatable bonds is 4. The standard InChI is InChI=1S/C22H18N2O6/c1-30-18-11-12(10-17(21(18)25)24(28)29)9-13-5-4-7-15-19(22(26)27)14-6-2-3-8-16(14)23-20(13)15/h2-3,6,8-11,25H,4-5,7H2,1H3,(H,26,27)/p-2/b13-9+. The zero-order chi connectivity index (χ0) is 21.4. The lowest BCUT2D eigenvalue weighted by molar-refractivity contribution is -0.398. The van der Waals surface area contributed by atoms with Crippen LogP contribution in [0, 0.1) is 10.1 Å². The molecule has 0 spiro atoms. The van der Waals surface area contributed by atoms with Crippen molar-refractivity contribution in [1.82, 2.24) is 4.98 Å². The molecule has 0 N–H and O–H groups in total. The normalized spacial score (nSPS) is 14.5. The molecule has 152 valence electrons. The summed E-state index contributed by atoms with van der Waals surface area (Å²) in [5, 5.41) is 35.7. The Bertz CT molecular complexity index is 1230. The van der Waals surface area contributed by atoms with Gasteiger partial charge in [-0.25, -0.2) is 4.98 Å². The maximum Gasteiger partial charge on any atom is 0.266 e. The van der Waals surface area contributed by atoms with Crippen molar-refractivity contribution in [3.8, 4) is 11.5 Å². The molecule has 1 aliphatic rings. The molecule has 0 fully saturated rings. The number of aromatic carboxylic acids is 1. The van der Waals surface area contributed by atoms with Crippen molar-refractivity contribution in [2.45, 2.75) is 19.3 Å². The molecule has 0 saturated heterocycles. The van der Waals surface area contributed by atoms with Crippen molar-refractivity contribution in [1.29, 1.82) is 0 Å². The second kappa shape index (κ2) is 7.47. The molecule has 0 aliphatic heterocycles. The van der Waals surface area contributed by atoms with E-state index in [-0.39, 0.29) is 11.3 Å². The van der Waals surface area contributed by atoms with Gasteiger partial charge in [0, 0.05) is 22.8 Å². The number of aromatic nitrogens is 1. The molecule has 8 heteroatoms. The number of allylic oxidation sites excluding steroid dienone is 1. The van der Waals surface area contributed by atoms with E-state index in [9.17, 15) is 25.1 Å². The first kappa shape index (κ1) is 19.4. The van der Waals surface area contributed by atoms with E-state index in [1.54, 1.807) is 30.3 Å². The molecule has 0 amide bonds. The average molecular weight is 404 g/mol. The summed E-state index contributed by atoms with van der Waals surface area (Å²) < 4.78 is 5.00. The van der Waals surface area contributed by atoms with Crippen LogP contribution in [-0.2, 0) is 6.42 Å². The molecule has 1 aliphatic carbocycles. The zero-order valence-corrected chi connectivity index (χ0v) is 16.0. The van der Waals surface area contributed by atoms with Crippen molar-refractivity contribution in [2.24, 2.45) is 0 Å². The van der Waals surface area contributed by atoms with Crippen LogP contribution >= 0.6 is 0 Å². The summed E-state index contributed by atoms with van der Waals surface area (Å²) in [6.07, 6.45) is 3.53. The summed E-state index contributed by atoms with van der Waals surface area (Å²) in [5.74, 6) is -2.19. The summed E-state index contributed by atoms with van der Waals surface area (Å²) in [7, 11) is 1.27. The highest BCUT2D eigenvalue weighted by Crippen LogP contribution is 2.39. The highest BCUT2D eigenvalue weighted by Gasteiger charge is 2.22. The van der Waals surface area contributed by atoms with E-state index in [4.69, 9.17) is 4.74 Å². The molecule has 2 aromatic carbocycles. The third-order valence-corrected chi connectivity index (χ3v) is 5.19. The summed E-state index contributed by atoms with van der Waals surface area (Å²) >= 11 is 0. The van der Waals surface area contributed by atoms with Gasteiger partial charge < -0.3 is 19.7 Å². The molecule has 0 bridgehead atoms. The Morgan fingerprint density at radius 3 is 2.70 bits per heavy atom. The Hall–Kier alpha value is -3.94. The summed E-state index contributed by atoms with van der Waals surface area (Å²) in [6.45, 7) is 0. The summed E-state index contributed by atoms with van der Waals surface area (Å²) in [4.78, 5) is 27.1. The van der Waals surface area contributed by atoms with Gasteiger partial charge in [0.05, 0.1) is 29.2 Å². The number of para-hydroxylation sites is 1. The molecule has 0 radical (unpaired) electrons. The number of carboxylic acid groups (broad SMARTS) is 1. The molecule has 1 heterocycles. The topological polar surface area (TPSA) is 128 Å².